The number of carbonyl (C=O) groups excluding carboxylic acids is 9. The lowest BCUT2D eigenvalue weighted by Crippen LogP contribution is -2.57. The second kappa shape index (κ2) is 32.1. The van der Waals surface area contributed by atoms with E-state index in [4.69, 9.17) is 14.2 Å². The van der Waals surface area contributed by atoms with E-state index >= 15 is 9.59 Å². The van der Waals surface area contributed by atoms with Gasteiger partial charge in [0.15, 0.2) is 11.5 Å². The smallest absolute Gasteiger partial charge is 0.330 e. The van der Waals surface area contributed by atoms with E-state index < -0.39 is 95.5 Å². The lowest BCUT2D eigenvalue weighted by molar-refractivity contribution is -0.157. The molecule has 90 heavy (non-hydrogen) atoms. The van der Waals surface area contributed by atoms with Crippen molar-refractivity contribution in [2.45, 2.75) is 141 Å². The summed E-state index contributed by atoms with van der Waals surface area (Å²) < 4.78 is 16.6. The fourth-order valence-corrected chi connectivity index (χ4v) is 11.9. The van der Waals surface area contributed by atoms with Crippen LogP contribution in [-0.2, 0) is 60.7 Å². The third-order valence-corrected chi connectivity index (χ3v) is 17.2. The van der Waals surface area contributed by atoms with Crippen molar-refractivity contribution in [1.82, 2.24) is 35.1 Å². The highest BCUT2D eigenvalue weighted by atomic mass is 16.5. The zero-order valence-corrected chi connectivity index (χ0v) is 53.7. The van der Waals surface area contributed by atoms with Gasteiger partial charge in [0.1, 0.15) is 30.8 Å². The van der Waals surface area contributed by atoms with Gasteiger partial charge >= 0.3 is 5.97 Å². The van der Waals surface area contributed by atoms with Gasteiger partial charge in [-0.2, -0.15) is 0 Å². The standard InChI is InChI=1S/C70H90N8O12/c1-46(2)41-56-47(3)74(6)38-19-18-31-62(81)90-45-70(4,5)64(82)69(87)77-39-20-17-29-54(77)65(83)72-53(34-32-49-33-35-58(88-9)59(43-49)89-10)51-27-21-28-52(44-51)71-60(79)36-37-61(80)73-63(50-25-15-12-16-26-50)68(86)76(8)57(42-48-23-13-11-14-24-48)67(85)78-40-22-30-55(78)66(84)75(56)7/h11-16,18,21,23-28,31,33,35,43-44,46,53-57,63H,3,17,19-20,22,29-30,32,34,36-42,45H2,1-2,4-10H3,(H,71,79)(H,72,83)(H,73,80)/b31-18+/t53-,54+,55-,56+,57+,63?/m1/s1. The molecule has 0 radical (unpaired) electrons. The molecule has 2 bridgehead atoms. The predicted octanol–water partition coefficient (Wildman–Crippen LogP) is 7.93. The number of aryl methyl sites for hydroxylation is 1. The lowest BCUT2D eigenvalue weighted by atomic mass is 9.87. The van der Waals surface area contributed by atoms with Gasteiger partial charge in [0.05, 0.1) is 31.7 Å². The third-order valence-electron chi connectivity index (χ3n) is 17.2. The van der Waals surface area contributed by atoms with Gasteiger partial charge in [-0.3, -0.25) is 38.4 Å². The van der Waals surface area contributed by atoms with E-state index in [0.717, 1.165) is 11.1 Å². The van der Waals surface area contributed by atoms with Crippen LogP contribution >= 0.6 is 0 Å². The Labute approximate surface area is 529 Å². The zero-order chi connectivity index (χ0) is 65.2. The van der Waals surface area contributed by atoms with Gasteiger partial charge in [-0.1, -0.05) is 105 Å². The van der Waals surface area contributed by atoms with E-state index in [1.165, 1.54) is 36.8 Å². The molecule has 20 nitrogen and oxygen atoms in total. The molecule has 0 aromatic heterocycles. The maximum Gasteiger partial charge on any atom is 0.330 e. The number of esters is 1. The van der Waals surface area contributed by atoms with Crippen molar-refractivity contribution in [2.75, 3.05) is 66.9 Å². The van der Waals surface area contributed by atoms with Crippen molar-refractivity contribution in [1.29, 1.82) is 0 Å². The molecule has 4 aromatic rings. The number of amides is 7. The summed E-state index contributed by atoms with van der Waals surface area (Å²) in [5, 5.41) is 8.95. The molecule has 4 aromatic carbocycles. The molecule has 2 saturated heterocycles. The number of carbonyl (C=O) groups is 9. The summed E-state index contributed by atoms with van der Waals surface area (Å²) in [4.78, 5) is 137. The van der Waals surface area contributed by atoms with Crippen LogP contribution in [0.15, 0.2) is 128 Å². The number of rotatable bonds is 10. The molecular formula is C70H90N8O12. The van der Waals surface area contributed by atoms with Crippen molar-refractivity contribution in [2.24, 2.45) is 11.3 Å². The number of piperidine rings is 1. The first-order chi connectivity index (χ1) is 43.0. The number of methoxy groups -OCH3 is 2. The fourth-order valence-electron chi connectivity index (χ4n) is 11.9. The van der Waals surface area contributed by atoms with Crippen LogP contribution in [0.25, 0.3) is 0 Å². The van der Waals surface area contributed by atoms with E-state index in [0.29, 0.717) is 91.9 Å². The van der Waals surface area contributed by atoms with Crippen LogP contribution in [0.2, 0.25) is 0 Å². The van der Waals surface area contributed by atoms with Gasteiger partial charge in [0.2, 0.25) is 41.2 Å². The molecule has 7 rings (SSSR count). The topological polar surface area (TPSA) is 234 Å². The molecule has 7 amide bonds. The molecule has 0 spiro atoms. The summed E-state index contributed by atoms with van der Waals surface area (Å²) in [5.41, 5.74) is 2.29. The number of fused-ring (bicyclic) bond motifs is 4. The minimum atomic E-state index is -1.45. The average molecular weight is 1240 g/mol. The van der Waals surface area contributed by atoms with Crippen LogP contribution in [0.3, 0.4) is 0 Å². The molecule has 0 saturated carbocycles. The maximum atomic E-state index is 15.3. The number of likely N-dealkylation sites (N-methyl/N-ethyl adjacent to an activating group) is 3. The SMILES string of the molecule is C=C1[C@H](CC(C)C)N(C)C(=O)[C@H]2CCCN2C(=O)[C@H](Cc2ccccc2)N(C)C(=O)C(c2ccccc2)NC(=O)CCC(=O)Nc2cccc(c2)[C@@H](CCc2ccc(OC)c(OC)c2)NC(=O)[C@@H]2CCCCN2C(=O)C(=O)C(C)(C)COC(=O)/C=C/CCN1C. The highest BCUT2D eigenvalue weighted by Gasteiger charge is 2.44. The summed E-state index contributed by atoms with van der Waals surface area (Å²) in [6, 6.07) is 25.1. The number of nitrogens with zero attached hydrogens (tertiary/aromatic N) is 5. The van der Waals surface area contributed by atoms with Gasteiger partial charge in [0.25, 0.3) is 5.91 Å². The Morgan fingerprint density at radius 3 is 2.01 bits per heavy atom. The Bertz CT molecular complexity index is 3240. The lowest BCUT2D eigenvalue weighted by Gasteiger charge is -2.39. The van der Waals surface area contributed by atoms with Gasteiger partial charge in [0, 0.05) is 77.5 Å². The maximum absolute atomic E-state index is 15.3. The summed E-state index contributed by atoms with van der Waals surface area (Å²) >= 11 is 0. The molecule has 6 atom stereocenters. The Morgan fingerprint density at radius 2 is 1.31 bits per heavy atom. The second-order valence-electron chi connectivity index (χ2n) is 24.7. The molecular weight excluding hydrogens is 1140 g/mol. The highest BCUT2D eigenvalue weighted by molar-refractivity contribution is 6.38. The largest absolute Gasteiger partial charge is 0.493 e. The van der Waals surface area contributed by atoms with Crippen molar-refractivity contribution < 1.29 is 57.4 Å². The van der Waals surface area contributed by atoms with Gasteiger partial charge in [-0.05, 0) is 124 Å². The summed E-state index contributed by atoms with van der Waals surface area (Å²) in [5.74, 6) is -4.05. The van der Waals surface area contributed by atoms with E-state index in [9.17, 15) is 33.6 Å². The highest BCUT2D eigenvalue weighted by Crippen LogP contribution is 2.32. The van der Waals surface area contributed by atoms with Crippen LogP contribution in [-0.4, -0.2) is 163 Å². The van der Waals surface area contributed by atoms with E-state index in [1.807, 2.05) is 60.5 Å². The van der Waals surface area contributed by atoms with Gasteiger partial charge < -0.3 is 54.7 Å². The average Bonchev–Trinajstić information content (AvgIpc) is 1.51. The number of benzene rings is 4. The van der Waals surface area contributed by atoms with Gasteiger partial charge in [-0.25, -0.2) is 4.79 Å². The zero-order valence-electron chi connectivity index (χ0n) is 53.7. The van der Waals surface area contributed by atoms with E-state index in [1.54, 1.807) is 91.7 Å². The molecule has 3 aliphatic rings. The quantitative estimate of drug-likeness (QED) is 0.101. The van der Waals surface area contributed by atoms with Crippen LogP contribution in [0.5, 0.6) is 11.5 Å². The Hall–Kier alpha value is -8.81. The Morgan fingerprint density at radius 1 is 0.656 bits per heavy atom. The van der Waals surface area contributed by atoms with Crippen molar-refractivity contribution in [3.05, 3.63) is 150 Å². The number of nitrogens with one attached hydrogen (secondary N) is 3. The van der Waals surface area contributed by atoms with Crippen molar-refractivity contribution in [3.63, 3.8) is 0 Å². The summed E-state index contributed by atoms with van der Waals surface area (Å²) in [6.07, 6.45) is 6.56. The number of ketones is 1. The van der Waals surface area contributed by atoms with E-state index in [2.05, 4.69) is 36.4 Å². The number of Topliss-reactive ketones (excluding diaryl/α,β-unsaturated/α-hetero) is 1. The van der Waals surface area contributed by atoms with Crippen molar-refractivity contribution in [3.8, 4) is 11.5 Å². The molecule has 3 aliphatic heterocycles. The van der Waals surface area contributed by atoms with Crippen LogP contribution in [0.1, 0.15) is 126 Å². The third kappa shape index (κ3) is 18.0. The first-order valence-electron chi connectivity index (χ1n) is 31.2. The molecule has 20 heteroatoms. The minimum Gasteiger partial charge on any atom is -0.493 e. The molecule has 3 heterocycles. The molecule has 1 unspecified atom stereocenters. The Balaban J connectivity index is 1.20. The monoisotopic (exact) mass is 1230 g/mol. The summed E-state index contributed by atoms with van der Waals surface area (Å²) in [7, 11) is 8.19. The first kappa shape index (κ1) is 68.7. The number of hydrogen-bond acceptors (Lipinski definition) is 13. The number of cyclic esters (lactones) is 1. The number of ether oxygens (including phenoxy) is 3. The van der Waals surface area contributed by atoms with Crippen LogP contribution < -0.4 is 25.4 Å². The second-order valence-corrected chi connectivity index (χ2v) is 24.7. The van der Waals surface area contributed by atoms with Gasteiger partial charge in [-0.15, -0.1) is 0 Å². The van der Waals surface area contributed by atoms with Crippen LogP contribution in [0.4, 0.5) is 5.69 Å². The molecule has 482 valence electrons. The molecule has 0 aliphatic carbocycles. The fraction of sp³-hybridized carbons (Fsp3) is 0.471. The van der Waals surface area contributed by atoms with Crippen molar-refractivity contribution >= 4 is 58.8 Å². The predicted molar refractivity (Wildman–Crippen MR) is 342 cm³/mol. The molecule has 2 fully saturated rings. The number of anilines is 1. The minimum absolute atomic E-state index is 0.110. The molecule has 3 N–H and O–H groups in total. The van der Waals surface area contributed by atoms with E-state index in [-0.39, 0.29) is 50.6 Å². The summed E-state index contributed by atoms with van der Waals surface area (Å²) in [6.45, 7) is 12.0. The first-order valence-corrected chi connectivity index (χ1v) is 31.2. The van der Waals surface area contributed by atoms with Crippen LogP contribution in [0, 0.1) is 11.3 Å². The Kier molecular flexibility index (Phi) is 24.5. The number of hydrogen-bond donors (Lipinski definition) is 3. The normalized spacial score (nSPS) is 23.3.